The summed E-state index contributed by atoms with van der Waals surface area (Å²) < 4.78 is 26.1. The zero-order valence-corrected chi connectivity index (χ0v) is 12.9. The third kappa shape index (κ3) is 2.85. The van der Waals surface area contributed by atoms with Gasteiger partial charge in [0.2, 0.25) is 0 Å². The summed E-state index contributed by atoms with van der Waals surface area (Å²) in [4.78, 5) is 0.0804. The minimum absolute atomic E-state index is 0.0804. The van der Waals surface area contributed by atoms with Gasteiger partial charge in [0, 0.05) is 12.1 Å². The topological polar surface area (TPSA) is 63.4 Å². The van der Waals surface area contributed by atoms with E-state index >= 15 is 0 Å². The van der Waals surface area contributed by atoms with Gasteiger partial charge in [-0.1, -0.05) is 23.2 Å². The van der Waals surface area contributed by atoms with Crippen LogP contribution in [0.3, 0.4) is 0 Å². The van der Waals surface area contributed by atoms with Crippen LogP contribution in [-0.2, 0) is 10.0 Å². The van der Waals surface area contributed by atoms with E-state index in [0.29, 0.717) is 15.7 Å². The molecule has 0 heterocycles. The number of hydrogen-bond donors (Lipinski definition) is 1. The van der Waals surface area contributed by atoms with Gasteiger partial charge in [0.15, 0.2) is 0 Å². The van der Waals surface area contributed by atoms with Gasteiger partial charge in [-0.05, 0) is 42.5 Å². The molecular weight excluding hydrogens is 319 g/mol. The Labute approximate surface area is 127 Å². The molecule has 0 amide bonds. The van der Waals surface area contributed by atoms with E-state index < -0.39 is 10.0 Å². The molecule has 0 unspecified atom stereocenters. The highest BCUT2D eigenvalue weighted by atomic mass is 35.5. The van der Waals surface area contributed by atoms with Crippen LogP contribution in [0.4, 0.5) is 11.4 Å². The molecule has 0 aliphatic rings. The van der Waals surface area contributed by atoms with Crippen LogP contribution in [0.15, 0.2) is 47.4 Å². The first-order chi connectivity index (χ1) is 9.32. The Morgan fingerprint density at radius 3 is 2.20 bits per heavy atom. The Morgan fingerprint density at radius 1 is 1.05 bits per heavy atom. The summed E-state index contributed by atoms with van der Waals surface area (Å²) >= 11 is 11.6. The second-order valence-electron chi connectivity index (χ2n) is 4.13. The highest BCUT2D eigenvalue weighted by Crippen LogP contribution is 2.27. The third-order valence-electron chi connectivity index (χ3n) is 2.82. The van der Waals surface area contributed by atoms with E-state index in [1.807, 2.05) is 0 Å². The summed E-state index contributed by atoms with van der Waals surface area (Å²) in [5.74, 6) is 0. The predicted molar refractivity (Wildman–Crippen MR) is 82.9 cm³/mol. The van der Waals surface area contributed by atoms with Gasteiger partial charge in [0.25, 0.3) is 10.0 Å². The van der Waals surface area contributed by atoms with E-state index in [-0.39, 0.29) is 10.6 Å². The van der Waals surface area contributed by atoms with Crippen LogP contribution in [0, 0.1) is 0 Å². The molecule has 2 rings (SSSR count). The zero-order chi connectivity index (χ0) is 14.9. The highest BCUT2D eigenvalue weighted by Gasteiger charge is 2.21. The Kier molecular flexibility index (Phi) is 4.13. The normalized spacial score (nSPS) is 11.3. The molecule has 0 aromatic heterocycles. The Balaban J connectivity index is 2.43. The lowest BCUT2D eigenvalue weighted by Gasteiger charge is -2.19. The zero-order valence-electron chi connectivity index (χ0n) is 10.5. The van der Waals surface area contributed by atoms with Crippen molar-refractivity contribution in [3.8, 4) is 0 Å². The van der Waals surface area contributed by atoms with Crippen molar-refractivity contribution in [2.75, 3.05) is 17.1 Å². The summed E-state index contributed by atoms with van der Waals surface area (Å²) in [6, 6.07) is 10.7. The van der Waals surface area contributed by atoms with Gasteiger partial charge in [-0.25, -0.2) is 8.42 Å². The smallest absolute Gasteiger partial charge is 0.264 e. The van der Waals surface area contributed by atoms with E-state index in [1.54, 1.807) is 24.3 Å². The molecule has 0 fully saturated rings. The number of hydrogen-bond acceptors (Lipinski definition) is 3. The van der Waals surface area contributed by atoms with Gasteiger partial charge in [0.1, 0.15) is 0 Å². The lowest BCUT2D eigenvalue weighted by Crippen LogP contribution is -2.26. The van der Waals surface area contributed by atoms with E-state index in [9.17, 15) is 8.42 Å². The van der Waals surface area contributed by atoms with Crippen LogP contribution in [0.2, 0.25) is 10.0 Å². The minimum atomic E-state index is -3.69. The average Bonchev–Trinajstić information content (AvgIpc) is 2.41. The molecule has 0 radical (unpaired) electrons. The lowest BCUT2D eigenvalue weighted by molar-refractivity contribution is 0.594. The van der Waals surface area contributed by atoms with Crippen molar-refractivity contribution in [3.63, 3.8) is 0 Å². The first kappa shape index (κ1) is 15.0. The minimum Gasteiger partial charge on any atom is -0.397 e. The molecule has 2 aromatic carbocycles. The van der Waals surface area contributed by atoms with Crippen molar-refractivity contribution in [1.29, 1.82) is 0 Å². The Morgan fingerprint density at radius 2 is 1.65 bits per heavy atom. The van der Waals surface area contributed by atoms with E-state index in [2.05, 4.69) is 0 Å². The van der Waals surface area contributed by atoms with Crippen molar-refractivity contribution in [2.45, 2.75) is 4.90 Å². The molecule has 0 saturated carbocycles. The van der Waals surface area contributed by atoms with Gasteiger partial charge in [-0.2, -0.15) is 0 Å². The van der Waals surface area contributed by atoms with Crippen molar-refractivity contribution < 1.29 is 8.42 Å². The largest absolute Gasteiger partial charge is 0.397 e. The second-order valence-corrected chi connectivity index (χ2v) is 6.95. The third-order valence-corrected chi connectivity index (χ3v) is 5.19. The van der Waals surface area contributed by atoms with Crippen molar-refractivity contribution in [2.24, 2.45) is 0 Å². The quantitative estimate of drug-likeness (QED) is 0.877. The van der Waals surface area contributed by atoms with E-state index in [1.165, 1.54) is 25.2 Å². The number of benzene rings is 2. The number of nitrogens with zero attached hydrogens (tertiary/aromatic N) is 1. The molecule has 2 aromatic rings. The van der Waals surface area contributed by atoms with Crippen LogP contribution in [0.1, 0.15) is 0 Å². The van der Waals surface area contributed by atoms with Crippen LogP contribution in [-0.4, -0.2) is 15.5 Å². The molecule has 106 valence electrons. The molecule has 0 aliphatic heterocycles. The van der Waals surface area contributed by atoms with E-state index in [4.69, 9.17) is 28.9 Å². The van der Waals surface area contributed by atoms with Crippen molar-refractivity contribution in [3.05, 3.63) is 52.5 Å². The average molecular weight is 331 g/mol. The Hall–Kier alpha value is -1.43. The summed E-state index contributed by atoms with van der Waals surface area (Å²) in [5.41, 5.74) is 6.37. The van der Waals surface area contributed by atoms with Gasteiger partial charge in [0.05, 0.1) is 21.3 Å². The summed E-state index contributed by atoms with van der Waals surface area (Å²) in [6.45, 7) is 0. The molecule has 2 N–H and O–H groups in total. The molecule has 0 atom stereocenters. The lowest BCUT2D eigenvalue weighted by atomic mass is 10.3. The fourth-order valence-electron chi connectivity index (χ4n) is 1.63. The number of anilines is 2. The maximum absolute atomic E-state index is 12.5. The van der Waals surface area contributed by atoms with Crippen molar-refractivity contribution >= 4 is 44.6 Å². The van der Waals surface area contributed by atoms with Crippen LogP contribution >= 0.6 is 23.2 Å². The van der Waals surface area contributed by atoms with Gasteiger partial charge < -0.3 is 5.73 Å². The first-order valence-corrected chi connectivity index (χ1v) is 7.81. The second kappa shape index (κ2) is 5.52. The standard InChI is InChI=1S/C13H12Cl2N2O2S/c1-17(10-4-2-9(14)3-5-10)20(18,19)11-6-7-12(15)13(16)8-11/h2-8H,16H2,1H3. The molecule has 7 heteroatoms. The summed E-state index contributed by atoms with van der Waals surface area (Å²) in [7, 11) is -2.23. The summed E-state index contributed by atoms with van der Waals surface area (Å²) in [5, 5.41) is 0.855. The maximum Gasteiger partial charge on any atom is 0.264 e. The molecule has 0 bridgehead atoms. The molecular formula is C13H12Cl2N2O2S. The molecule has 0 saturated heterocycles. The fourth-order valence-corrected chi connectivity index (χ4v) is 3.11. The summed E-state index contributed by atoms with van der Waals surface area (Å²) in [6.07, 6.45) is 0. The first-order valence-electron chi connectivity index (χ1n) is 5.62. The number of rotatable bonds is 3. The van der Waals surface area contributed by atoms with E-state index in [0.717, 1.165) is 4.31 Å². The van der Waals surface area contributed by atoms with Crippen LogP contribution < -0.4 is 10.0 Å². The highest BCUT2D eigenvalue weighted by molar-refractivity contribution is 7.92. The SMILES string of the molecule is CN(c1ccc(Cl)cc1)S(=O)(=O)c1ccc(Cl)c(N)c1. The molecule has 0 spiro atoms. The van der Waals surface area contributed by atoms with Crippen LogP contribution in [0.5, 0.6) is 0 Å². The molecule has 0 aliphatic carbocycles. The fraction of sp³-hybridized carbons (Fsp3) is 0.0769. The molecule has 20 heavy (non-hydrogen) atoms. The Bertz CT molecular complexity index is 731. The number of nitrogen functional groups attached to an aromatic ring is 1. The number of halogens is 2. The van der Waals surface area contributed by atoms with Gasteiger partial charge in [-0.15, -0.1) is 0 Å². The monoisotopic (exact) mass is 330 g/mol. The number of nitrogens with two attached hydrogens (primary N) is 1. The van der Waals surface area contributed by atoms with Gasteiger partial charge >= 0.3 is 0 Å². The molecule has 4 nitrogen and oxygen atoms in total. The number of sulfonamides is 1. The van der Waals surface area contributed by atoms with Crippen molar-refractivity contribution in [1.82, 2.24) is 0 Å². The maximum atomic E-state index is 12.5. The van der Waals surface area contributed by atoms with Crippen LogP contribution in [0.25, 0.3) is 0 Å². The predicted octanol–water partition coefficient (Wildman–Crippen LogP) is 3.40. The van der Waals surface area contributed by atoms with Gasteiger partial charge in [-0.3, -0.25) is 4.31 Å².